The lowest BCUT2D eigenvalue weighted by atomic mass is 9.78. The topological polar surface area (TPSA) is 67.9 Å². The number of piperidine rings is 1. The number of ether oxygens (including phenoxy) is 2. The van der Waals surface area contributed by atoms with E-state index in [4.69, 9.17) is 9.47 Å². The van der Waals surface area contributed by atoms with Gasteiger partial charge in [0.1, 0.15) is 11.9 Å². The summed E-state index contributed by atoms with van der Waals surface area (Å²) in [7, 11) is 3.61. The van der Waals surface area contributed by atoms with Crippen molar-refractivity contribution in [2.24, 2.45) is 0 Å². The number of Topliss-reactive ketones (excluding diaryl/α,β-unsaturated/α-hetero) is 1. The number of hydrogen-bond acceptors (Lipinski definition) is 6. The van der Waals surface area contributed by atoms with Crippen LogP contribution in [0.1, 0.15) is 50.5 Å². The van der Waals surface area contributed by atoms with Crippen LogP contribution in [0.25, 0.3) is 0 Å². The molecule has 0 spiro atoms. The summed E-state index contributed by atoms with van der Waals surface area (Å²) in [6.45, 7) is 6.55. The predicted octanol–water partition coefficient (Wildman–Crippen LogP) is 3.81. The molecule has 2 aliphatic heterocycles. The van der Waals surface area contributed by atoms with Crippen molar-refractivity contribution >= 4 is 11.8 Å². The molecule has 2 heterocycles. The first-order valence-corrected chi connectivity index (χ1v) is 10.8. The van der Waals surface area contributed by atoms with E-state index in [1.54, 1.807) is 7.11 Å². The molecule has 164 valence electrons. The smallest absolute Gasteiger partial charge is 0.336 e. The molecular weight excluding hydrogens is 392 g/mol. The molecule has 6 heteroatoms. The van der Waals surface area contributed by atoms with Crippen LogP contribution in [0.2, 0.25) is 0 Å². The summed E-state index contributed by atoms with van der Waals surface area (Å²) >= 11 is 0. The molecule has 31 heavy (non-hydrogen) atoms. The molecule has 4 rings (SSSR count). The number of carbonyl (C=O) groups is 2. The number of dihydropyridines is 1. The molecule has 1 aromatic rings. The number of nitrogens with one attached hydrogen (secondary N) is 1. The molecule has 1 saturated heterocycles. The fourth-order valence-corrected chi connectivity index (χ4v) is 4.71. The van der Waals surface area contributed by atoms with Gasteiger partial charge in [-0.3, -0.25) is 4.79 Å². The van der Waals surface area contributed by atoms with Crippen molar-refractivity contribution in [3.8, 4) is 5.75 Å². The standard InChI is InChI=1S/C25H30N2O4/c1-15-9-10-18(14-27(15)3)31-25(29)20-13-21-22(26-16(20)2)11-17(12-23(21)28)19-7-5-6-8-24(19)30-4/h5-8,17-18,26H,1,9-14H2,2-4H3/t17-,18-/m1/s1. The van der Waals surface area contributed by atoms with E-state index in [0.717, 1.165) is 47.7 Å². The highest BCUT2D eigenvalue weighted by molar-refractivity contribution is 6.01. The number of ketones is 1. The molecule has 0 amide bonds. The van der Waals surface area contributed by atoms with E-state index < -0.39 is 0 Å². The van der Waals surface area contributed by atoms with Crippen LogP contribution in [0, 0.1) is 0 Å². The van der Waals surface area contributed by atoms with Crippen LogP contribution in [0.3, 0.4) is 0 Å². The summed E-state index contributed by atoms with van der Waals surface area (Å²) < 4.78 is 11.3. The first-order chi connectivity index (χ1) is 14.9. The lowest BCUT2D eigenvalue weighted by Gasteiger charge is -2.34. The number of esters is 1. The quantitative estimate of drug-likeness (QED) is 0.744. The monoisotopic (exact) mass is 422 g/mol. The van der Waals surface area contributed by atoms with Crippen molar-refractivity contribution in [1.82, 2.24) is 10.2 Å². The number of likely N-dealkylation sites (N-methyl/N-ethyl adjacent to an activating group) is 1. The zero-order valence-electron chi connectivity index (χ0n) is 18.5. The number of carbonyl (C=O) groups excluding carboxylic acids is 2. The summed E-state index contributed by atoms with van der Waals surface area (Å²) in [6.07, 6.45) is 2.91. The number of methoxy groups -OCH3 is 1. The fraction of sp³-hybridized carbons (Fsp3) is 0.440. The average molecular weight is 423 g/mol. The Labute approximate surface area is 183 Å². The van der Waals surface area contributed by atoms with Crippen molar-refractivity contribution in [2.75, 3.05) is 20.7 Å². The van der Waals surface area contributed by atoms with E-state index >= 15 is 0 Å². The maximum absolute atomic E-state index is 13.0. The van der Waals surface area contributed by atoms with Crippen molar-refractivity contribution in [3.05, 3.63) is 64.6 Å². The highest BCUT2D eigenvalue weighted by atomic mass is 16.5. The van der Waals surface area contributed by atoms with Crippen LogP contribution in [0.4, 0.5) is 0 Å². The molecule has 0 radical (unpaired) electrons. The van der Waals surface area contributed by atoms with Gasteiger partial charge in [0.05, 0.1) is 19.2 Å². The van der Waals surface area contributed by atoms with Gasteiger partial charge in [-0.15, -0.1) is 0 Å². The van der Waals surface area contributed by atoms with E-state index in [0.29, 0.717) is 30.5 Å². The second kappa shape index (κ2) is 8.61. The van der Waals surface area contributed by atoms with Crippen LogP contribution in [-0.2, 0) is 14.3 Å². The molecule has 0 saturated carbocycles. The Bertz CT molecular complexity index is 991. The number of para-hydroxylation sites is 1. The van der Waals surface area contributed by atoms with Gasteiger partial charge in [0.2, 0.25) is 0 Å². The van der Waals surface area contributed by atoms with E-state index in [1.807, 2.05) is 43.1 Å². The second-order valence-electron chi connectivity index (χ2n) is 8.65. The zero-order chi connectivity index (χ0) is 22.1. The summed E-state index contributed by atoms with van der Waals surface area (Å²) in [6, 6.07) is 7.85. The largest absolute Gasteiger partial charge is 0.496 e. The SMILES string of the molecule is C=C1CC[C@@H](OC(=O)C2=C(C)NC3=C(C2)C(=O)C[C@H](c2ccccc2OC)C3)CN1C. The summed E-state index contributed by atoms with van der Waals surface area (Å²) in [5, 5.41) is 3.34. The number of likely N-dealkylation sites (tertiary alicyclic amines) is 1. The Balaban J connectivity index is 1.47. The number of allylic oxidation sites excluding steroid dienone is 4. The third-order valence-corrected chi connectivity index (χ3v) is 6.60. The molecular formula is C25H30N2O4. The number of rotatable bonds is 4. The summed E-state index contributed by atoms with van der Waals surface area (Å²) in [5.74, 6) is 0.608. The zero-order valence-corrected chi connectivity index (χ0v) is 18.5. The Hall–Kier alpha value is -3.02. The van der Waals surface area contributed by atoms with E-state index in [2.05, 4.69) is 11.9 Å². The minimum Gasteiger partial charge on any atom is -0.496 e. The van der Waals surface area contributed by atoms with Crippen LogP contribution in [0.15, 0.2) is 59.1 Å². The van der Waals surface area contributed by atoms with Crippen molar-refractivity contribution in [2.45, 2.75) is 51.0 Å². The maximum Gasteiger partial charge on any atom is 0.336 e. The van der Waals surface area contributed by atoms with Crippen LogP contribution in [-0.4, -0.2) is 43.5 Å². The first-order valence-electron chi connectivity index (χ1n) is 10.8. The van der Waals surface area contributed by atoms with Crippen molar-refractivity contribution in [3.63, 3.8) is 0 Å². The Morgan fingerprint density at radius 2 is 2.03 bits per heavy atom. The van der Waals surface area contributed by atoms with Crippen molar-refractivity contribution < 1.29 is 19.1 Å². The van der Waals surface area contributed by atoms with Gasteiger partial charge in [-0.25, -0.2) is 4.79 Å². The third-order valence-electron chi connectivity index (χ3n) is 6.60. The van der Waals surface area contributed by atoms with Gasteiger partial charge in [-0.2, -0.15) is 0 Å². The average Bonchev–Trinajstić information content (AvgIpc) is 2.75. The first kappa shape index (κ1) is 21.2. The molecule has 6 nitrogen and oxygen atoms in total. The Morgan fingerprint density at radius 1 is 1.26 bits per heavy atom. The summed E-state index contributed by atoms with van der Waals surface area (Å²) in [4.78, 5) is 28.0. The maximum atomic E-state index is 13.0. The van der Waals surface area contributed by atoms with Gasteiger partial charge >= 0.3 is 5.97 Å². The lowest BCUT2D eigenvalue weighted by Crippen LogP contribution is -2.38. The van der Waals surface area contributed by atoms with Gasteiger partial charge in [0.25, 0.3) is 0 Å². The Kier molecular flexibility index (Phi) is 5.90. The normalized spacial score (nSPS) is 24.0. The van der Waals surface area contributed by atoms with Crippen LogP contribution >= 0.6 is 0 Å². The highest BCUT2D eigenvalue weighted by Crippen LogP contribution is 2.41. The van der Waals surface area contributed by atoms with Gasteiger partial charge in [0, 0.05) is 48.5 Å². The van der Waals surface area contributed by atoms with Crippen molar-refractivity contribution in [1.29, 1.82) is 0 Å². The van der Waals surface area contributed by atoms with E-state index in [1.165, 1.54) is 0 Å². The predicted molar refractivity (Wildman–Crippen MR) is 118 cm³/mol. The van der Waals surface area contributed by atoms with Crippen LogP contribution < -0.4 is 10.1 Å². The minimum atomic E-state index is -0.331. The molecule has 1 aromatic carbocycles. The summed E-state index contributed by atoms with van der Waals surface area (Å²) in [5.41, 5.74) is 5.05. The van der Waals surface area contributed by atoms with E-state index in [-0.39, 0.29) is 23.8 Å². The van der Waals surface area contributed by atoms with E-state index in [9.17, 15) is 9.59 Å². The highest BCUT2D eigenvalue weighted by Gasteiger charge is 2.35. The molecule has 2 atom stereocenters. The van der Waals surface area contributed by atoms with Gasteiger partial charge in [0.15, 0.2) is 5.78 Å². The van der Waals surface area contributed by atoms with Gasteiger partial charge in [-0.1, -0.05) is 24.8 Å². The van der Waals surface area contributed by atoms with Crippen LogP contribution in [0.5, 0.6) is 5.75 Å². The van der Waals surface area contributed by atoms with Gasteiger partial charge < -0.3 is 19.7 Å². The fourth-order valence-electron chi connectivity index (χ4n) is 4.71. The Morgan fingerprint density at radius 3 is 2.77 bits per heavy atom. The van der Waals surface area contributed by atoms with Gasteiger partial charge in [-0.05, 0) is 37.8 Å². The number of nitrogens with zero attached hydrogens (tertiary/aromatic N) is 1. The third kappa shape index (κ3) is 4.24. The molecule has 0 bridgehead atoms. The molecule has 1 aliphatic carbocycles. The lowest BCUT2D eigenvalue weighted by molar-refractivity contribution is -0.146. The second-order valence-corrected chi connectivity index (χ2v) is 8.65. The number of benzene rings is 1. The molecule has 1 N–H and O–H groups in total. The molecule has 0 aromatic heterocycles. The number of hydrogen-bond donors (Lipinski definition) is 1. The molecule has 0 unspecified atom stereocenters. The molecule has 1 fully saturated rings. The molecule has 3 aliphatic rings. The minimum absolute atomic E-state index is 0.0575.